The van der Waals surface area contributed by atoms with Gasteiger partial charge in [0.25, 0.3) is 5.56 Å². The van der Waals surface area contributed by atoms with Gasteiger partial charge < -0.3 is 4.57 Å². The first kappa shape index (κ1) is 19.9. The summed E-state index contributed by atoms with van der Waals surface area (Å²) in [5, 5.41) is 2.08. The minimum absolute atomic E-state index is 0.129. The predicted octanol–water partition coefficient (Wildman–Crippen LogP) is 4.54. The largest absolute Gasteiger partial charge is 0.434 e. The molecular weight excluding hydrogens is 447 g/mol. The summed E-state index contributed by atoms with van der Waals surface area (Å²) in [5.41, 5.74) is -0.200. The molecule has 0 aliphatic heterocycles. The lowest BCUT2D eigenvalue weighted by atomic mass is 10.3. The summed E-state index contributed by atoms with van der Waals surface area (Å²) >= 11 is 7.97. The van der Waals surface area contributed by atoms with Gasteiger partial charge in [-0.1, -0.05) is 23.4 Å². The average molecular weight is 458 g/mol. The molecule has 0 radical (unpaired) electrons. The van der Waals surface area contributed by atoms with Crippen LogP contribution in [0.4, 0.5) is 13.2 Å². The van der Waals surface area contributed by atoms with Crippen LogP contribution in [0.5, 0.6) is 0 Å². The van der Waals surface area contributed by atoms with Crippen molar-refractivity contribution in [2.75, 3.05) is 0 Å². The molecule has 0 aliphatic carbocycles. The van der Waals surface area contributed by atoms with Crippen LogP contribution in [0.2, 0.25) is 5.02 Å². The molecule has 12 heteroatoms. The molecule has 0 amide bonds. The fraction of sp³-hybridized carbons (Fsp3) is 0.176. The van der Waals surface area contributed by atoms with Gasteiger partial charge in [0.05, 0.1) is 17.8 Å². The van der Waals surface area contributed by atoms with E-state index in [0.717, 1.165) is 28.5 Å². The molecule has 0 saturated heterocycles. The quantitative estimate of drug-likeness (QED) is 0.332. The lowest BCUT2D eigenvalue weighted by Gasteiger charge is -2.11. The SMILES string of the molecule is Cn1cnc2c(=O)n(-c3ccc(Cl)cc3)c(SCc3nc(C(F)(F)F)cs3)nc21. The molecule has 6 nitrogen and oxygen atoms in total. The zero-order chi connectivity index (χ0) is 20.8. The van der Waals surface area contributed by atoms with Crippen molar-refractivity contribution in [3.05, 3.63) is 62.1 Å². The number of rotatable bonds is 4. The first-order valence-electron chi connectivity index (χ1n) is 8.08. The van der Waals surface area contributed by atoms with Crippen LogP contribution >= 0.6 is 34.7 Å². The monoisotopic (exact) mass is 457 g/mol. The van der Waals surface area contributed by atoms with E-state index in [1.54, 1.807) is 35.9 Å². The molecule has 4 rings (SSSR count). The number of nitrogens with zero attached hydrogens (tertiary/aromatic N) is 5. The van der Waals surface area contributed by atoms with E-state index >= 15 is 0 Å². The van der Waals surface area contributed by atoms with Gasteiger partial charge in [-0.3, -0.25) is 9.36 Å². The molecular formula is C17H11ClF3N5OS2. The Hall–Kier alpha value is -2.37. The fourth-order valence-electron chi connectivity index (χ4n) is 2.59. The standard InChI is InChI=1S/C17H11ClF3N5OS2/c1-25-8-22-13-14(25)24-16(26(15(13)27)10-4-2-9(18)3-5-10)29-7-12-23-11(6-28-12)17(19,20)21/h2-6,8H,7H2,1H3. The number of benzene rings is 1. The molecule has 0 bridgehead atoms. The van der Waals surface area contributed by atoms with Gasteiger partial charge in [-0.05, 0) is 24.3 Å². The highest BCUT2D eigenvalue weighted by atomic mass is 35.5. The lowest BCUT2D eigenvalue weighted by Crippen LogP contribution is -2.22. The number of aryl methyl sites for hydroxylation is 1. The maximum Gasteiger partial charge on any atom is 0.434 e. The number of hydrogen-bond donors (Lipinski definition) is 0. The molecule has 3 aromatic heterocycles. The number of alkyl halides is 3. The summed E-state index contributed by atoms with van der Waals surface area (Å²) in [6, 6.07) is 6.60. The number of aromatic nitrogens is 5. The second-order valence-electron chi connectivity index (χ2n) is 5.95. The third-order valence-electron chi connectivity index (χ3n) is 3.96. The second-order valence-corrected chi connectivity index (χ2v) is 8.27. The van der Waals surface area contributed by atoms with Crippen molar-refractivity contribution in [2.45, 2.75) is 17.1 Å². The van der Waals surface area contributed by atoms with E-state index < -0.39 is 11.9 Å². The first-order valence-corrected chi connectivity index (χ1v) is 10.3. The third-order valence-corrected chi connectivity index (χ3v) is 6.19. The van der Waals surface area contributed by atoms with Gasteiger partial charge in [0.2, 0.25) is 0 Å². The Balaban J connectivity index is 1.76. The van der Waals surface area contributed by atoms with Gasteiger partial charge in [0.1, 0.15) is 5.01 Å². The molecule has 29 heavy (non-hydrogen) atoms. The highest BCUT2D eigenvalue weighted by molar-refractivity contribution is 7.98. The zero-order valence-electron chi connectivity index (χ0n) is 14.6. The van der Waals surface area contributed by atoms with Crippen LogP contribution in [0, 0.1) is 0 Å². The van der Waals surface area contributed by atoms with Gasteiger partial charge in [0, 0.05) is 17.5 Å². The van der Waals surface area contributed by atoms with Crippen LogP contribution in [0.15, 0.2) is 45.9 Å². The highest BCUT2D eigenvalue weighted by Gasteiger charge is 2.33. The molecule has 0 spiro atoms. The smallest absolute Gasteiger partial charge is 0.318 e. The van der Waals surface area contributed by atoms with E-state index in [0.29, 0.717) is 21.5 Å². The highest BCUT2D eigenvalue weighted by Crippen LogP contribution is 2.32. The normalized spacial score (nSPS) is 12.0. The molecule has 3 heterocycles. The summed E-state index contributed by atoms with van der Waals surface area (Å²) in [6.45, 7) is 0. The maximum absolute atomic E-state index is 13.0. The lowest BCUT2D eigenvalue weighted by molar-refractivity contribution is -0.140. The minimum atomic E-state index is -4.49. The summed E-state index contributed by atoms with van der Waals surface area (Å²) in [5.74, 6) is 0.129. The summed E-state index contributed by atoms with van der Waals surface area (Å²) in [7, 11) is 1.71. The molecule has 0 fully saturated rings. The Morgan fingerprint density at radius 2 is 1.93 bits per heavy atom. The summed E-state index contributed by atoms with van der Waals surface area (Å²) in [4.78, 5) is 25.3. The Morgan fingerprint density at radius 3 is 2.59 bits per heavy atom. The van der Waals surface area contributed by atoms with Crippen LogP contribution in [0.3, 0.4) is 0 Å². The van der Waals surface area contributed by atoms with E-state index in [9.17, 15) is 18.0 Å². The van der Waals surface area contributed by atoms with Crippen molar-refractivity contribution in [2.24, 2.45) is 7.05 Å². The van der Waals surface area contributed by atoms with Gasteiger partial charge in [-0.2, -0.15) is 13.2 Å². The van der Waals surface area contributed by atoms with Crippen LogP contribution in [-0.2, 0) is 19.0 Å². The average Bonchev–Trinajstić information content (AvgIpc) is 3.29. The number of imidazole rings is 1. The number of halogens is 4. The Morgan fingerprint density at radius 1 is 1.21 bits per heavy atom. The van der Waals surface area contributed by atoms with Crippen molar-refractivity contribution in [3.8, 4) is 5.69 Å². The molecule has 0 atom stereocenters. The summed E-state index contributed by atoms with van der Waals surface area (Å²) in [6.07, 6.45) is -3.01. The molecule has 0 saturated carbocycles. The van der Waals surface area contributed by atoms with E-state index in [2.05, 4.69) is 15.0 Å². The summed E-state index contributed by atoms with van der Waals surface area (Å²) < 4.78 is 41.3. The second kappa shape index (κ2) is 7.47. The van der Waals surface area contributed by atoms with Crippen LogP contribution in [0.1, 0.15) is 10.7 Å². The maximum atomic E-state index is 13.0. The fourth-order valence-corrected chi connectivity index (χ4v) is 4.53. The van der Waals surface area contributed by atoms with E-state index in [-0.39, 0.29) is 21.8 Å². The van der Waals surface area contributed by atoms with Crippen LogP contribution in [-0.4, -0.2) is 24.1 Å². The third kappa shape index (κ3) is 3.89. The van der Waals surface area contributed by atoms with Crippen LogP contribution < -0.4 is 5.56 Å². The van der Waals surface area contributed by atoms with Gasteiger partial charge in [0.15, 0.2) is 22.0 Å². The van der Waals surface area contributed by atoms with E-state index in [4.69, 9.17) is 11.6 Å². The van der Waals surface area contributed by atoms with Crippen molar-refractivity contribution < 1.29 is 13.2 Å². The van der Waals surface area contributed by atoms with E-state index in [1.807, 2.05) is 0 Å². The number of hydrogen-bond acceptors (Lipinski definition) is 6. The molecule has 0 aliphatic rings. The Labute approximate surface area is 175 Å². The molecule has 0 unspecified atom stereocenters. The topological polar surface area (TPSA) is 65.6 Å². The van der Waals surface area contributed by atoms with Crippen molar-refractivity contribution >= 4 is 45.9 Å². The number of thioether (sulfide) groups is 1. The molecule has 1 aromatic carbocycles. The molecule has 150 valence electrons. The van der Waals surface area contributed by atoms with Crippen molar-refractivity contribution in [1.82, 2.24) is 24.1 Å². The van der Waals surface area contributed by atoms with Crippen molar-refractivity contribution in [1.29, 1.82) is 0 Å². The molecule has 4 aromatic rings. The Bertz CT molecular complexity index is 1250. The Kier molecular flexibility index (Phi) is 5.13. The van der Waals surface area contributed by atoms with Gasteiger partial charge in [-0.15, -0.1) is 11.3 Å². The van der Waals surface area contributed by atoms with Gasteiger partial charge >= 0.3 is 6.18 Å². The minimum Gasteiger partial charge on any atom is -0.318 e. The predicted molar refractivity (Wildman–Crippen MR) is 106 cm³/mol. The number of fused-ring (bicyclic) bond motifs is 1. The van der Waals surface area contributed by atoms with Gasteiger partial charge in [-0.25, -0.2) is 15.0 Å². The van der Waals surface area contributed by atoms with Crippen molar-refractivity contribution in [3.63, 3.8) is 0 Å². The van der Waals surface area contributed by atoms with E-state index in [1.165, 1.54) is 10.9 Å². The van der Waals surface area contributed by atoms with Crippen LogP contribution in [0.25, 0.3) is 16.9 Å². The first-order chi connectivity index (χ1) is 13.7. The number of thiazole rings is 1. The zero-order valence-corrected chi connectivity index (χ0v) is 17.0. The molecule has 0 N–H and O–H groups in total.